The third kappa shape index (κ3) is 5.36. The number of carbonyl (C=O) groups is 2. The van der Waals surface area contributed by atoms with Crippen molar-refractivity contribution in [3.63, 3.8) is 0 Å². The van der Waals surface area contributed by atoms with Crippen LogP contribution < -0.4 is 9.64 Å². The number of anilines is 1. The van der Waals surface area contributed by atoms with Gasteiger partial charge in [0.25, 0.3) is 5.91 Å². The molecule has 1 heterocycles. The zero-order valence-corrected chi connectivity index (χ0v) is 21.3. The second kappa shape index (κ2) is 11.0. The van der Waals surface area contributed by atoms with Gasteiger partial charge in [-0.25, -0.2) is 0 Å². The Morgan fingerprint density at radius 1 is 1.18 bits per heavy atom. The van der Waals surface area contributed by atoms with Gasteiger partial charge in [-0.1, -0.05) is 44.4 Å². The molecule has 2 aliphatic carbocycles. The van der Waals surface area contributed by atoms with E-state index in [2.05, 4.69) is 13.0 Å². The van der Waals surface area contributed by atoms with E-state index in [4.69, 9.17) is 14.2 Å². The van der Waals surface area contributed by atoms with E-state index >= 15 is 0 Å². The molecule has 0 spiro atoms. The van der Waals surface area contributed by atoms with E-state index in [1.807, 2.05) is 35.3 Å². The first-order chi connectivity index (χ1) is 16.4. The van der Waals surface area contributed by atoms with Crippen LogP contribution in [0.1, 0.15) is 46.0 Å². The lowest BCUT2D eigenvalue weighted by Gasteiger charge is -2.32. The van der Waals surface area contributed by atoms with E-state index < -0.39 is 12.1 Å². The second-order valence-corrected chi connectivity index (χ2v) is 10.6. The largest absolute Gasteiger partial charge is 0.497 e. The van der Waals surface area contributed by atoms with Gasteiger partial charge in [0.1, 0.15) is 5.75 Å². The van der Waals surface area contributed by atoms with Gasteiger partial charge in [-0.2, -0.15) is 0 Å². The van der Waals surface area contributed by atoms with Crippen molar-refractivity contribution in [2.45, 2.75) is 68.3 Å². The van der Waals surface area contributed by atoms with Gasteiger partial charge in [0, 0.05) is 31.4 Å². The number of thioether (sulfide) groups is 1. The zero-order valence-electron chi connectivity index (χ0n) is 20.5. The van der Waals surface area contributed by atoms with Crippen LogP contribution in [0.15, 0.2) is 46.9 Å². The summed E-state index contributed by atoms with van der Waals surface area (Å²) < 4.78 is 16.8. The predicted octanol–water partition coefficient (Wildman–Crippen LogP) is 5.16. The molecule has 4 atom stereocenters. The Balaban J connectivity index is 1.76. The molecule has 1 amide bonds. The summed E-state index contributed by atoms with van der Waals surface area (Å²) in [5.41, 5.74) is 1.84. The van der Waals surface area contributed by atoms with Crippen molar-refractivity contribution in [2.24, 2.45) is 11.8 Å². The minimum atomic E-state index is -0.910. The highest BCUT2D eigenvalue weighted by Gasteiger charge is 2.42. The molecule has 2 unspecified atom stereocenters. The first-order valence-corrected chi connectivity index (χ1v) is 13.0. The SMILES string of the molecule is COc1ccc2c(c1)S[C@@H](C1=CC(C)C(OC)C=C1)[C@@H](OC(C)=O)C(=O)N2CC1CCCCC1. The van der Waals surface area contributed by atoms with Gasteiger partial charge >= 0.3 is 5.97 Å². The van der Waals surface area contributed by atoms with Gasteiger partial charge in [-0.15, -0.1) is 11.8 Å². The summed E-state index contributed by atoms with van der Waals surface area (Å²) in [7, 11) is 3.34. The predicted molar refractivity (Wildman–Crippen MR) is 134 cm³/mol. The van der Waals surface area contributed by atoms with Crippen molar-refractivity contribution in [1.82, 2.24) is 0 Å². The van der Waals surface area contributed by atoms with Gasteiger partial charge in [0.15, 0.2) is 6.10 Å². The Morgan fingerprint density at radius 3 is 2.59 bits per heavy atom. The number of nitrogens with zero attached hydrogens (tertiary/aromatic N) is 1. The molecule has 1 aromatic rings. The molecule has 7 heteroatoms. The van der Waals surface area contributed by atoms with Gasteiger partial charge < -0.3 is 19.1 Å². The van der Waals surface area contributed by atoms with Crippen molar-refractivity contribution in [3.8, 4) is 5.75 Å². The van der Waals surface area contributed by atoms with Crippen molar-refractivity contribution < 1.29 is 23.8 Å². The van der Waals surface area contributed by atoms with E-state index in [9.17, 15) is 9.59 Å². The van der Waals surface area contributed by atoms with Gasteiger partial charge in [0.2, 0.25) is 0 Å². The number of allylic oxidation sites excluding steroid dienone is 1. The topological polar surface area (TPSA) is 65.1 Å². The molecule has 184 valence electrons. The van der Waals surface area contributed by atoms with E-state index in [0.29, 0.717) is 12.5 Å². The smallest absolute Gasteiger partial charge is 0.303 e. The molecule has 3 aliphatic rings. The first-order valence-electron chi connectivity index (χ1n) is 12.2. The fraction of sp³-hybridized carbons (Fsp3) is 0.556. The van der Waals surface area contributed by atoms with Crippen LogP contribution in [0, 0.1) is 11.8 Å². The molecule has 0 bridgehead atoms. The first kappa shape index (κ1) is 24.9. The molecule has 0 saturated heterocycles. The summed E-state index contributed by atoms with van der Waals surface area (Å²) >= 11 is 1.56. The highest BCUT2D eigenvalue weighted by Crippen LogP contribution is 2.45. The fourth-order valence-electron chi connectivity index (χ4n) is 5.21. The van der Waals surface area contributed by atoms with E-state index in [0.717, 1.165) is 34.7 Å². The van der Waals surface area contributed by atoms with Gasteiger partial charge in [-0.3, -0.25) is 9.59 Å². The minimum absolute atomic E-state index is 0.0161. The number of esters is 1. The molecule has 0 aromatic heterocycles. The lowest BCUT2D eigenvalue weighted by molar-refractivity contribution is -0.152. The molecular formula is C27H35NO5S. The Morgan fingerprint density at radius 2 is 1.94 bits per heavy atom. The summed E-state index contributed by atoms with van der Waals surface area (Å²) in [5, 5.41) is -0.366. The van der Waals surface area contributed by atoms with Crippen LogP contribution in [0.3, 0.4) is 0 Å². The van der Waals surface area contributed by atoms with Crippen molar-refractivity contribution >= 4 is 29.3 Å². The molecule has 1 saturated carbocycles. The minimum Gasteiger partial charge on any atom is -0.497 e. The van der Waals surface area contributed by atoms with Gasteiger partial charge in [-0.05, 0) is 42.5 Å². The zero-order chi connectivity index (χ0) is 24.2. The van der Waals surface area contributed by atoms with E-state index in [-0.39, 0.29) is 23.2 Å². The highest BCUT2D eigenvalue weighted by atomic mass is 32.2. The summed E-state index contributed by atoms with van der Waals surface area (Å²) in [6, 6.07) is 5.84. The Labute approximate surface area is 206 Å². The molecule has 1 aromatic carbocycles. The molecule has 0 N–H and O–H groups in total. The van der Waals surface area contributed by atoms with Crippen molar-refractivity contribution in [1.29, 1.82) is 0 Å². The fourth-order valence-corrected chi connectivity index (χ4v) is 6.55. The monoisotopic (exact) mass is 485 g/mol. The van der Waals surface area contributed by atoms with Crippen LogP contribution in [-0.2, 0) is 19.1 Å². The molecule has 1 aliphatic heterocycles. The van der Waals surface area contributed by atoms with Crippen LogP contribution in [0.25, 0.3) is 0 Å². The summed E-state index contributed by atoms with van der Waals surface area (Å²) in [6.45, 7) is 4.10. The number of rotatable bonds is 6. The standard InChI is InChI=1S/C27H35NO5S/c1-17-14-20(10-13-23(17)32-4)26-25(33-18(2)29)27(30)28(16-19-8-6-5-7-9-19)22-12-11-21(31-3)15-24(22)34-26/h10-15,17,19,23,25-26H,5-9,16H2,1-4H3/t17?,23?,25-,26+/m1/s1. The van der Waals surface area contributed by atoms with E-state index in [1.54, 1.807) is 26.0 Å². The number of hydrogen-bond acceptors (Lipinski definition) is 6. The van der Waals surface area contributed by atoms with E-state index in [1.165, 1.54) is 26.2 Å². The third-order valence-corrected chi connectivity index (χ3v) is 8.36. The Bertz CT molecular complexity index is 968. The molecule has 6 nitrogen and oxygen atoms in total. The van der Waals surface area contributed by atoms with Crippen LogP contribution in [0.2, 0.25) is 0 Å². The molecular weight excluding hydrogens is 450 g/mol. The number of fused-ring (bicyclic) bond motifs is 1. The molecule has 0 radical (unpaired) electrons. The van der Waals surface area contributed by atoms with Gasteiger partial charge in [0.05, 0.1) is 24.2 Å². The molecule has 34 heavy (non-hydrogen) atoms. The molecule has 4 rings (SSSR count). The summed E-state index contributed by atoms with van der Waals surface area (Å²) in [6.07, 6.45) is 11.1. The quantitative estimate of drug-likeness (QED) is 0.519. The maximum atomic E-state index is 14.1. The number of ether oxygens (including phenoxy) is 3. The number of carbonyl (C=O) groups excluding carboxylic acids is 2. The number of amides is 1. The third-order valence-electron chi connectivity index (χ3n) is 7.01. The second-order valence-electron chi connectivity index (χ2n) is 9.44. The normalized spacial score (nSPS) is 27.6. The number of benzene rings is 1. The average molecular weight is 486 g/mol. The van der Waals surface area contributed by atoms with Crippen LogP contribution in [0.5, 0.6) is 5.75 Å². The lowest BCUT2D eigenvalue weighted by Crippen LogP contribution is -2.47. The van der Waals surface area contributed by atoms with Crippen LogP contribution in [-0.4, -0.2) is 50.1 Å². The maximum absolute atomic E-state index is 14.1. The Hall–Kier alpha value is -2.25. The van der Waals surface area contributed by atoms with Crippen LogP contribution >= 0.6 is 11.8 Å². The lowest BCUT2D eigenvalue weighted by atomic mass is 9.88. The summed E-state index contributed by atoms with van der Waals surface area (Å²) in [4.78, 5) is 29.0. The molecule has 1 fully saturated rings. The van der Waals surface area contributed by atoms with Crippen LogP contribution in [0.4, 0.5) is 5.69 Å². The average Bonchev–Trinajstić information content (AvgIpc) is 2.94. The maximum Gasteiger partial charge on any atom is 0.303 e. The number of methoxy groups -OCH3 is 2. The number of hydrogen-bond donors (Lipinski definition) is 0. The van der Waals surface area contributed by atoms with Crippen molar-refractivity contribution in [2.75, 3.05) is 25.7 Å². The highest BCUT2D eigenvalue weighted by molar-refractivity contribution is 8.00. The Kier molecular flexibility index (Phi) is 8.04. The summed E-state index contributed by atoms with van der Waals surface area (Å²) in [5.74, 6) is 0.724. The van der Waals surface area contributed by atoms with Crippen molar-refractivity contribution in [3.05, 3.63) is 42.0 Å².